The topological polar surface area (TPSA) is 64.7 Å². The number of halogens is 1. The van der Waals surface area contributed by atoms with Crippen LogP contribution < -0.4 is 10.6 Å². The van der Waals surface area contributed by atoms with Crippen LogP contribution in [0.2, 0.25) is 0 Å². The lowest BCUT2D eigenvalue weighted by Crippen LogP contribution is -2.53. The quantitative estimate of drug-likeness (QED) is 0.470. The van der Waals surface area contributed by atoms with Gasteiger partial charge in [-0.15, -0.1) is 11.3 Å². The number of piperazine rings is 1. The Hall–Kier alpha value is -3.07. The summed E-state index contributed by atoms with van der Waals surface area (Å²) >= 11 is 1.66. The summed E-state index contributed by atoms with van der Waals surface area (Å²) in [5, 5.41) is 7.56. The maximum atomic E-state index is 13.1. The van der Waals surface area contributed by atoms with E-state index < -0.39 is 11.8 Å². The second-order valence-electron chi connectivity index (χ2n) is 8.83. The van der Waals surface area contributed by atoms with Crippen molar-refractivity contribution in [3.63, 3.8) is 0 Å². The molecule has 184 valence electrons. The number of hydrogen-bond donors (Lipinski definition) is 2. The van der Waals surface area contributed by atoms with E-state index in [1.165, 1.54) is 22.6 Å². The standard InChI is InChI=1S/C27H31FN4O2S/c1-20(30-27(34)26(33)29-18-21-9-11-23(28)12-10-21)25(24-8-5-17-35-24)32-15-13-31(14-16-32)19-22-6-3-2-4-7-22/h2-12,17,20,25H,13-16,18-19H2,1H3,(H,29,33)(H,30,34). The summed E-state index contributed by atoms with van der Waals surface area (Å²) in [4.78, 5) is 31.1. The lowest BCUT2D eigenvalue weighted by molar-refractivity contribution is -0.140. The van der Waals surface area contributed by atoms with E-state index in [1.807, 2.05) is 24.4 Å². The molecule has 1 aromatic heterocycles. The van der Waals surface area contributed by atoms with Crippen molar-refractivity contribution in [1.82, 2.24) is 20.4 Å². The lowest BCUT2D eigenvalue weighted by atomic mass is 10.0. The van der Waals surface area contributed by atoms with E-state index >= 15 is 0 Å². The third-order valence-electron chi connectivity index (χ3n) is 6.29. The van der Waals surface area contributed by atoms with Crippen molar-refractivity contribution >= 4 is 23.2 Å². The van der Waals surface area contributed by atoms with Crippen LogP contribution in [0.4, 0.5) is 4.39 Å². The average Bonchev–Trinajstić information content (AvgIpc) is 3.39. The van der Waals surface area contributed by atoms with Gasteiger partial charge < -0.3 is 10.6 Å². The van der Waals surface area contributed by atoms with Crippen LogP contribution in [0.5, 0.6) is 0 Å². The highest BCUT2D eigenvalue weighted by molar-refractivity contribution is 7.10. The number of carbonyl (C=O) groups is 2. The van der Waals surface area contributed by atoms with Gasteiger partial charge in [0.25, 0.3) is 0 Å². The summed E-state index contributed by atoms with van der Waals surface area (Å²) in [5.41, 5.74) is 2.04. The summed E-state index contributed by atoms with van der Waals surface area (Å²) in [7, 11) is 0. The average molecular weight is 495 g/mol. The van der Waals surface area contributed by atoms with E-state index in [1.54, 1.807) is 23.5 Å². The maximum Gasteiger partial charge on any atom is 0.309 e. The zero-order valence-corrected chi connectivity index (χ0v) is 20.6. The fourth-order valence-electron chi connectivity index (χ4n) is 4.46. The summed E-state index contributed by atoms with van der Waals surface area (Å²) in [6, 6.07) is 20.1. The summed E-state index contributed by atoms with van der Waals surface area (Å²) < 4.78 is 13.1. The van der Waals surface area contributed by atoms with Crippen LogP contribution in [-0.2, 0) is 22.7 Å². The molecule has 0 radical (unpaired) electrons. The van der Waals surface area contributed by atoms with E-state index in [9.17, 15) is 14.0 Å². The monoisotopic (exact) mass is 494 g/mol. The van der Waals surface area contributed by atoms with Crippen LogP contribution >= 0.6 is 11.3 Å². The SMILES string of the molecule is CC(NC(=O)C(=O)NCc1ccc(F)cc1)C(c1cccs1)N1CCN(Cc2ccccc2)CC1. The number of amides is 2. The molecule has 1 aliphatic rings. The Morgan fingerprint density at radius 1 is 0.914 bits per heavy atom. The third kappa shape index (κ3) is 6.97. The highest BCUT2D eigenvalue weighted by Gasteiger charge is 2.31. The second kappa shape index (κ2) is 12.1. The zero-order chi connectivity index (χ0) is 24.6. The molecular weight excluding hydrogens is 463 g/mol. The minimum Gasteiger partial charge on any atom is -0.344 e. The van der Waals surface area contributed by atoms with Gasteiger partial charge in [-0.1, -0.05) is 48.5 Å². The molecule has 1 fully saturated rings. The molecular formula is C27H31FN4O2S. The number of benzene rings is 2. The second-order valence-corrected chi connectivity index (χ2v) is 9.81. The van der Waals surface area contributed by atoms with Crippen molar-refractivity contribution in [2.75, 3.05) is 26.2 Å². The molecule has 2 unspecified atom stereocenters. The Bertz CT molecular complexity index is 1080. The first-order chi connectivity index (χ1) is 17.0. The Morgan fingerprint density at radius 3 is 2.29 bits per heavy atom. The predicted molar refractivity (Wildman–Crippen MR) is 136 cm³/mol. The number of carbonyl (C=O) groups excluding carboxylic acids is 2. The first-order valence-corrected chi connectivity index (χ1v) is 12.7. The predicted octanol–water partition coefficient (Wildman–Crippen LogP) is 3.57. The van der Waals surface area contributed by atoms with E-state index in [0.29, 0.717) is 0 Å². The van der Waals surface area contributed by atoms with Crippen molar-refractivity contribution in [1.29, 1.82) is 0 Å². The Labute approximate surface area is 209 Å². The van der Waals surface area contributed by atoms with Crippen LogP contribution in [0.1, 0.15) is 29.0 Å². The first-order valence-electron chi connectivity index (χ1n) is 11.9. The summed E-state index contributed by atoms with van der Waals surface area (Å²) in [5.74, 6) is -1.70. The van der Waals surface area contributed by atoms with Gasteiger partial charge in [-0.3, -0.25) is 19.4 Å². The Kier molecular flexibility index (Phi) is 8.63. The molecule has 1 saturated heterocycles. The number of thiophene rings is 1. The molecule has 0 bridgehead atoms. The number of rotatable bonds is 8. The Balaban J connectivity index is 1.33. The smallest absolute Gasteiger partial charge is 0.309 e. The summed E-state index contributed by atoms with van der Waals surface area (Å²) in [6.07, 6.45) is 0. The van der Waals surface area contributed by atoms with Crippen LogP contribution in [0, 0.1) is 5.82 Å². The maximum absolute atomic E-state index is 13.1. The van der Waals surface area contributed by atoms with Gasteiger partial charge in [0.2, 0.25) is 0 Å². The van der Waals surface area contributed by atoms with E-state index in [2.05, 4.69) is 50.8 Å². The van der Waals surface area contributed by atoms with Gasteiger partial charge in [0.1, 0.15) is 5.82 Å². The van der Waals surface area contributed by atoms with Gasteiger partial charge in [-0.25, -0.2) is 4.39 Å². The summed E-state index contributed by atoms with van der Waals surface area (Å²) in [6.45, 7) is 6.69. The van der Waals surface area contributed by atoms with Gasteiger partial charge in [0.15, 0.2) is 0 Å². The molecule has 0 saturated carbocycles. The van der Waals surface area contributed by atoms with Crippen LogP contribution in [0.3, 0.4) is 0 Å². The third-order valence-corrected chi connectivity index (χ3v) is 7.23. The highest BCUT2D eigenvalue weighted by atomic mass is 32.1. The molecule has 4 rings (SSSR count). The van der Waals surface area contributed by atoms with Crippen molar-refractivity contribution in [3.05, 3.63) is 93.9 Å². The van der Waals surface area contributed by atoms with Gasteiger partial charge in [-0.2, -0.15) is 0 Å². The fraction of sp³-hybridized carbons (Fsp3) is 0.333. The van der Waals surface area contributed by atoms with E-state index in [4.69, 9.17) is 0 Å². The minimum absolute atomic E-state index is 0.0114. The molecule has 35 heavy (non-hydrogen) atoms. The van der Waals surface area contributed by atoms with Crippen molar-refractivity contribution < 1.29 is 14.0 Å². The van der Waals surface area contributed by atoms with Gasteiger partial charge >= 0.3 is 11.8 Å². The normalized spacial score (nSPS) is 16.4. The molecule has 2 atom stereocenters. The van der Waals surface area contributed by atoms with Crippen molar-refractivity contribution in [2.45, 2.75) is 32.1 Å². The first kappa shape index (κ1) is 25.0. The number of hydrogen-bond acceptors (Lipinski definition) is 5. The molecule has 8 heteroatoms. The number of nitrogens with zero attached hydrogens (tertiary/aromatic N) is 2. The van der Waals surface area contributed by atoms with E-state index in [0.717, 1.165) is 38.3 Å². The van der Waals surface area contributed by atoms with Crippen molar-refractivity contribution in [3.8, 4) is 0 Å². The lowest BCUT2D eigenvalue weighted by Gasteiger charge is -2.41. The van der Waals surface area contributed by atoms with Crippen molar-refractivity contribution in [2.24, 2.45) is 0 Å². The molecule has 2 heterocycles. The molecule has 2 aromatic carbocycles. The van der Waals surface area contributed by atoms with E-state index in [-0.39, 0.29) is 24.4 Å². The molecule has 0 spiro atoms. The molecule has 6 nitrogen and oxygen atoms in total. The Morgan fingerprint density at radius 2 is 1.63 bits per heavy atom. The minimum atomic E-state index is -0.696. The fourth-order valence-corrected chi connectivity index (χ4v) is 5.42. The molecule has 2 N–H and O–H groups in total. The van der Waals surface area contributed by atoms with Gasteiger partial charge in [0.05, 0.1) is 6.04 Å². The molecule has 2 amide bonds. The van der Waals surface area contributed by atoms with Crippen LogP contribution in [0.25, 0.3) is 0 Å². The molecule has 1 aliphatic heterocycles. The van der Waals surface area contributed by atoms with Gasteiger partial charge in [-0.05, 0) is 41.6 Å². The molecule has 0 aliphatic carbocycles. The highest BCUT2D eigenvalue weighted by Crippen LogP contribution is 2.29. The zero-order valence-electron chi connectivity index (χ0n) is 19.8. The van der Waals surface area contributed by atoms with Crippen LogP contribution in [0.15, 0.2) is 72.1 Å². The largest absolute Gasteiger partial charge is 0.344 e. The van der Waals surface area contributed by atoms with Crippen LogP contribution in [-0.4, -0.2) is 53.8 Å². The van der Waals surface area contributed by atoms with Gasteiger partial charge in [0, 0.05) is 50.2 Å². The molecule has 3 aromatic rings. The number of nitrogens with one attached hydrogen (secondary N) is 2.